The van der Waals surface area contributed by atoms with Gasteiger partial charge in [-0.25, -0.2) is 0 Å². The van der Waals surface area contributed by atoms with Gasteiger partial charge in [-0.3, -0.25) is 0 Å². The summed E-state index contributed by atoms with van der Waals surface area (Å²) in [5.74, 6) is 0. The molecule has 9 rings (SSSR count). The zero-order valence-corrected chi connectivity index (χ0v) is 26.3. The predicted molar refractivity (Wildman–Crippen MR) is 202 cm³/mol. The first-order valence-corrected chi connectivity index (χ1v) is 16.3. The summed E-state index contributed by atoms with van der Waals surface area (Å²) in [4.78, 5) is 2.36. The Bertz CT molecular complexity index is 2540. The van der Waals surface area contributed by atoms with Crippen molar-refractivity contribution in [3.05, 3.63) is 188 Å². The first-order chi connectivity index (χ1) is 23.8. The quantitative estimate of drug-likeness (QED) is 0.185. The van der Waals surface area contributed by atoms with Gasteiger partial charge in [0, 0.05) is 27.5 Å². The van der Waals surface area contributed by atoms with Crippen molar-refractivity contribution in [3.8, 4) is 33.4 Å². The van der Waals surface area contributed by atoms with E-state index in [-0.39, 0.29) is 0 Å². The molecule has 0 amide bonds. The van der Waals surface area contributed by atoms with E-state index < -0.39 is 0 Å². The third-order valence-corrected chi connectivity index (χ3v) is 9.27. The van der Waals surface area contributed by atoms with Crippen molar-refractivity contribution in [1.82, 2.24) is 0 Å². The topological polar surface area (TPSA) is 16.4 Å². The molecule has 0 bridgehead atoms. The fourth-order valence-corrected chi connectivity index (χ4v) is 6.85. The Balaban J connectivity index is 1.10. The minimum atomic E-state index is 0.907. The van der Waals surface area contributed by atoms with Crippen molar-refractivity contribution in [1.29, 1.82) is 0 Å². The molecule has 0 atom stereocenters. The van der Waals surface area contributed by atoms with Crippen molar-refractivity contribution >= 4 is 49.8 Å². The number of anilines is 3. The second-order valence-electron chi connectivity index (χ2n) is 12.2. The third kappa shape index (κ3) is 5.01. The lowest BCUT2D eigenvalue weighted by atomic mass is 9.98. The van der Waals surface area contributed by atoms with Gasteiger partial charge in [0.05, 0.1) is 5.69 Å². The number of rotatable bonds is 6. The lowest BCUT2D eigenvalue weighted by molar-refractivity contribution is 0.669. The van der Waals surface area contributed by atoms with Gasteiger partial charge in [-0.1, -0.05) is 133 Å². The number of nitrogens with zero attached hydrogens (tertiary/aromatic N) is 1. The first kappa shape index (κ1) is 27.9. The highest BCUT2D eigenvalue weighted by molar-refractivity contribution is 6.06. The Hall–Kier alpha value is -6.38. The average Bonchev–Trinajstić information content (AvgIpc) is 3.54. The fraction of sp³-hybridized carbons (Fsp3) is 0. The number of benzene rings is 8. The van der Waals surface area contributed by atoms with E-state index in [4.69, 9.17) is 4.42 Å². The van der Waals surface area contributed by atoms with Crippen LogP contribution in [0.15, 0.2) is 192 Å². The molecule has 0 saturated carbocycles. The molecule has 2 heteroatoms. The van der Waals surface area contributed by atoms with Crippen molar-refractivity contribution in [2.24, 2.45) is 0 Å². The maximum Gasteiger partial charge on any atom is 0.136 e. The molecule has 1 aromatic heterocycles. The fourth-order valence-electron chi connectivity index (χ4n) is 6.85. The van der Waals surface area contributed by atoms with E-state index in [1.807, 2.05) is 12.1 Å². The van der Waals surface area contributed by atoms with Gasteiger partial charge in [-0.2, -0.15) is 0 Å². The highest BCUT2D eigenvalue weighted by Gasteiger charge is 2.16. The zero-order valence-electron chi connectivity index (χ0n) is 26.3. The molecular weight excluding hydrogens is 583 g/mol. The van der Waals surface area contributed by atoms with Crippen LogP contribution < -0.4 is 4.90 Å². The summed E-state index contributed by atoms with van der Waals surface area (Å²) in [5.41, 5.74) is 12.3. The van der Waals surface area contributed by atoms with Gasteiger partial charge in [0.1, 0.15) is 11.2 Å². The van der Waals surface area contributed by atoms with E-state index in [0.29, 0.717) is 0 Å². The first-order valence-electron chi connectivity index (χ1n) is 16.3. The molecular formula is C46H31NO. The van der Waals surface area contributed by atoms with E-state index >= 15 is 0 Å². The number of hydrogen-bond acceptors (Lipinski definition) is 2. The number of para-hydroxylation sites is 1. The van der Waals surface area contributed by atoms with Crippen molar-refractivity contribution < 1.29 is 4.42 Å². The lowest BCUT2D eigenvalue weighted by Crippen LogP contribution is -2.10. The largest absolute Gasteiger partial charge is 0.456 e. The van der Waals surface area contributed by atoms with E-state index in [2.05, 4.69) is 181 Å². The van der Waals surface area contributed by atoms with Gasteiger partial charge in [0.25, 0.3) is 0 Å². The molecule has 0 aliphatic rings. The number of furan rings is 1. The van der Waals surface area contributed by atoms with Crippen LogP contribution in [-0.2, 0) is 0 Å². The van der Waals surface area contributed by atoms with Crippen LogP contribution in [0.5, 0.6) is 0 Å². The van der Waals surface area contributed by atoms with Crippen LogP contribution in [-0.4, -0.2) is 0 Å². The summed E-state index contributed by atoms with van der Waals surface area (Å²) in [7, 11) is 0. The molecule has 0 spiro atoms. The van der Waals surface area contributed by atoms with Crippen LogP contribution in [0.1, 0.15) is 0 Å². The molecule has 2 nitrogen and oxygen atoms in total. The third-order valence-electron chi connectivity index (χ3n) is 9.27. The molecule has 48 heavy (non-hydrogen) atoms. The molecule has 0 aliphatic carbocycles. The molecule has 9 aromatic rings. The summed E-state index contributed by atoms with van der Waals surface area (Å²) in [6, 6.07) is 67.0. The van der Waals surface area contributed by atoms with Crippen LogP contribution in [0.2, 0.25) is 0 Å². The van der Waals surface area contributed by atoms with Gasteiger partial charge >= 0.3 is 0 Å². The molecule has 0 N–H and O–H groups in total. The van der Waals surface area contributed by atoms with E-state index in [1.54, 1.807) is 0 Å². The molecule has 0 saturated heterocycles. The van der Waals surface area contributed by atoms with Crippen molar-refractivity contribution in [3.63, 3.8) is 0 Å². The van der Waals surface area contributed by atoms with Gasteiger partial charge in [0.15, 0.2) is 0 Å². The Kier molecular flexibility index (Phi) is 6.84. The maximum absolute atomic E-state index is 6.20. The van der Waals surface area contributed by atoms with E-state index in [0.717, 1.165) is 50.1 Å². The van der Waals surface area contributed by atoms with E-state index in [1.165, 1.54) is 33.0 Å². The van der Waals surface area contributed by atoms with Crippen molar-refractivity contribution in [2.75, 3.05) is 4.90 Å². The standard InChI is InChI=1S/C46H31NO/c1-2-10-32(11-3-1)36-14-8-15-37(30-36)33-20-25-39(26-21-33)47(44-18-9-13-35-12-4-5-16-41(35)44)40-27-22-34(23-28-40)38-24-29-43-42-17-6-7-19-45(42)48-46(43)31-38/h1-31H. The second-order valence-corrected chi connectivity index (χ2v) is 12.2. The highest BCUT2D eigenvalue weighted by atomic mass is 16.3. The smallest absolute Gasteiger partial charge is 0.136 e. The second kappa shape index (κ2) is 11.8. The van der Waals surface area contributed by atoms with Crippen LogP contribution in [0.3, 0.4) is 0 Å². The van der Waals surface area contributed by atoms with Gasteiger partial charge in [-0.05, 0) is 93.4 Å². The monoisotopic (exact) mass is 613 g/mol. The highest BCUT2D eigenvalue weighted by Crippen LogP contribution is 2.41. The molecule has 8 aromatic carbocycles. The SMILES string of the molecule is c1ccc(-c2cccc(-c3ccc(N(c4ccc(-c5ccc6c(c5)oc5ccccc56)cc4)c4cccc5ccccc45)cc3)c2)cc1. The Labute approximate surface area is 279 Å². The Morgan fingerprint density at radius 3 is 1.54 bits per heavy atom. The van der Waals surface area contributed by atoms with Crippen LogP contribution in [0.25, 0.3) is 66.1 Å². The summed E-state index contributed by atoms with van der Waals surface area (Å²) in [5, 5.41) is 4.71. The number of hydrogen-bond donors (Lipinski definition) is 0. The Morgan fingerprint density at radius 2 is 0.812 bits per heavy atom. The normalized spacial score (nSPS) is 11.3. The molecule has 0 fully saturated rings. The van der Waals surface area contributed by atoms with Crippen molar-refractivity contribution in [2.45, 2.75) is 0 Å². The Morgan fingerprint density at radius 1 is 0.312 bits per heavy atom. The minimum absolute atomic E-state index is 0.907. The van der Waals surface area contributed by atoms with E-state index in [9.17, 15) is 0 Å². The zero-order chi connectivity index (χ0) is 31.9. The van der Waals surface area contributed by atoms with Crippen LogP contribution in [0.4, 0.5) is 17.1 Å². The average molecular weight is 614 g/mol. The summed E-state index contributed by atoms with van der Waals surface area (Å²) in [6.45, 7) is 0. The molecule has 0 aliphatic heterocycles. The lowest BCUT2D eigenvalue weighted by Gasteiger charge is -2.27. The molecule has 226 valence electrons. The molecule has 1 heterocycles. The summed E-state index contributed by atoms with van der Waals surface area (Å²) in [6.07, 6.45) is 0. The van der Waals surface area contributed by atoms with Crippen LogP contribution in [0, 0.1) is 0 Å². The van der Waals surface area contributed by atoms with Gasteiger partial charge in [-0.15, -0.1) is 0 Å². The number of fused-ring (bicyclic) bond motifs is 4. The summed E-state index contributed by atoms with van der Waals surface area (Å²) < 4.78 is 6.20. The van der Waals surface area contributed by atoms with Crippen LogP contribution >= 0.6 is 0 Å². The minimum Gasteiger partial charge on any atom is -0.456 e. The molecule has 0 radical (unpaired) electrons. The molecule has 0 unspecified atom stereocenters. The maximum atomic E-state index is 6.20. The summed E-state index contributed by atoms with van der Waals surface area (Å²) >= 11 is 0. The van der Waals surface area contributed by atoms with Gasteiger partial charge < -0.3 is 9.32 Å². The predicted octanol–water partition coefficient (Wildman–Crippen LogP) is 13.2. The van der Waals surface area contributed by atoms with Gasteiger partial charge in [0.2, 0.25) is 0 Å².